The number of carbonyl (C=O) groups excluding carboxylic acids is 1. The van der Waals surface area contributed by atoms with E-state index in [1.807, 2.05) is 0 Å². The van der Waals surface area contributed by atoms with E-state index >= 15 is 0 Å². The van der Waals surface area contributed by atoms with Crippen LogP contribution in [0.5, 0.6) is 0 Å². The Kier molecular flexibility index (Phi) is 3.48. The highest BCUT2D eigenvalue weighted by molar-refractivity contribution is 5.93. The summed E-state index contributed by atoms with van der Waals surface area (Å²) in [4.78, 5) is 12.9. The molecular weight excluding hydrogens is 316 g/mol. The summed E-state index contributed by atoms with van der Waals surface area (Å²) in [6.45, 7) is 4.71. The van der Waals surface area contributed by atoms with Crippen LogP contribution in [0.1, 0.15) is 64.4 Å². The molecule has 0 N–H and O–H groups in total. The monoisotopic (exact) mass is 344 g/mol. The maximum Gasteiger partial charge on any atom is 0.139 e. The van der Waals surface area contributed by atoms with Gasteiger partial charge in [-0.2, -0.15) is 0 Å². The molecule has 0 bridgehead atoms. The van der Waals surface area contributed by atoms with Gasteiger partial charge in [-0.1, -0.05) is 68.3 Å². The Balaban J connectivity index is 1.79. The highest BCUT2D eigenvalue weighted by atomic mass is 16.1. The lowest BCUT2D eigenvalue weighted by atomic mass is 9.53. The highest BCUT2D eigenvalue weighted by Crippen LogP contribution is 2.63. The van der Waals surface area contributed by atoms with Crippen molar-refractivity contribution in [3.8, 4) is 0 Å². The molecule has 0 unspecified atom stereocenters. The fourth-order valence-corrected chi connectivity index (χ4v) is 6.31. The van der Waals surface area contributed by atoms with E-state index in [0.29, 0.717) is 11.7 Å². The minimum absolute atomic E-state index is 0.167. The van der Waals surface area contributed by atoms with E-state index in [2.05, 4.69) is 56.3 Å². The topological polar surface area (TPSA) is 17.1 Å². The molecule has 1 aromatic rings. The molecular formula is C25H28O. The minimum Gasteiger partial charge on any atom is -0.299 e. The van der Waals surface area contributed by atoms with Crippen LogP contribution in [0.15, 0.2) is 59.2 Å². The van der Waals surface area contributed by atoms with Crippen molar-refractivity contribution in [2.75, 3.05) is 0 Å². The van der Waals surface area contributed by atoms with Gasteiger partial charge in [-0.3, -0.25) is 4.79 Å². The van der Waals surface area contributed by atoms with E-state index in [1.165, 1.54) is 42.4 Å². The molecule has 0 heterocycles. The fraction of sp³-hybridized carbons (Fsp3) is 0.480. The molecule has 1 heteroatoms. The van der Waals surface area contributed by atoms with E-state index in [9.17, 15) is 4.79 Å². The van der Waals surface area contributed by atoms with E-state index in [0.717, 1.165) is 19.3 Å². The largest absolute Gasteiger partial charge is 0.299 e. The first-order valence-electron chi connectivity index (χ1n) is 10.3. The molecule has 26 heavy (non-hydrogen) atoms. The van der Waals surface area contributed by atoms with Gasteiger partial charge in [-0.25, -0.2) is 0 Å². The van der Waals surface area contributed by atoms with E-state index in [-0.39, 0.29) is 10.8 Å². The summed E-state index contributed by atoms with van der Waals surface area (Å²) in [6, 6.07) is 10.9. The van der Waals surface area contributed by atoms with Crippen molar-refractivity contribution in [3.05, 3.63) is 64.8 Å². The maximum atomic E-state index is 12.9. The van der Waals surface area contributed by atoms with Crippen LogP contribution in [0.4, 0.5) is 0 Å². The number of allylic oxidation sites excluding steroid dienone is 6. The summed E-state index contributed by atoms with van der Waals surface area (Å²) in [5.41, 5.74) is 7.40. The van der Waals surface area contributed by atoms with Gasteiger partial charge in [0.2, 0.25) is 0 Å². The first kappa shape index (κ1) is 16.3. The van der Waals surface area contributed by atoms with Crippen LogP contribution < -0.4 is 0 Å². The minimum atomic E-state index is -0.211. The van der Waals surface area contributed by atoms with Crippen molar-refractivity contribution >= 4 is 11.4 Å². The zero-order chi connectivity index (χ0) is 17.9. The maximum absolute atomic E-state index is 12.9. The van der Waals surface area contributed by atoms with Crippen molar-refractivity contribution in [2.24, 2.45) is 16.7 Å². The Morgan fingerprint density at radius 3 is 2.62 bits per heavy atom. The Labute approximate surface area is 156 Å². The Morgan fingerprint density at radius 1 is 1.00 bits per heavy atom. The first-order valence-corrected chi connectivity index (χ1v) is 10.3. The summed E-state index contributed by atoms with van der Waals surface area (Å²) < 4.78 is 0. The summed E-state index contributed by atoms with van der Waals surface area (Å²) in [6.07, 6.45) is 12.6. The van der Waals surface area contributed by atoms with Gasteiger partial charge in [-0.05, 0) is 60.3 Å². The Hall–Kier alpha value is -1.89. The molecule has 0 radical (unpaired) electrons. The van der Waals surface area contributed by atoms with Gasteiger partial charge in [0.05, 0.1) is 0 Å². The molecule has 0 aliphatic heterocycles. The first-order chi connectivity index (χ1) is 12.5. The number of hydrogen-bond donors (Lipinski definition) is 0. The van der Waals surface area contributed by atoms with E-state index in [4.69, 9.17) is 0 Å². The fourth-order valence-electron chi connectivity index (χ4n) is 6.31. The van der Waals surface area contributed by atoms with E-state index < -0.39 is 0 Å². The highest BCUT2D eigenvalue weighted by Gasteiger charge is 2.54. The molecule has 3 atom stereocenters. The summed E-state index contributed by atoms with van der Waals surface area (Å²) in [5.74, 6) is 0.883. The predicted molar refractivity (Wildman–Crippen MR) is 107 cm³/mol. The molecule has 0 aromatic heterocycles. The zero-order valence-corrected chi connectivity index (χ0v) is 16.0. The number of Topliss-reactive ketones (excluding diaryl/α,β-unsaturated/α-hetero) is 1. The summed E-state index contributed by atoms with van der Waals surface area (Å²) in [5, 5.41) is 0. The molecule has 134 valence electrons. The normalized spacial score (nSPS) is 36.1. The number of benzene rings is 1. The van der Waals surface area contributed by atoms with Crippen LogP contribution in [0.2, 0.25) is 0 Å². The van der Waals surface area contributed by atoms with Crippen molar-refractivity contribution < 1.29 is 4.79 Å². The van der Waals surface area contributed by atoms with E-state index in [1.54, 1.807) is 11.1 Å². The van der Waals surface area contributed by atoms with Crippen molar-refractivity contribution in [3.63, 3.8) is 0 Å². The molecule has 4 aliphatic carbocycles. The lowest BCUT2D eigenvalue weighted by Crippen LogP contribution is -2.40. The van der Waals surface area contributed by atoms with Crippen molar-refractivity contribution in [1.82, 2.24) is 0 Å². The molecule has 0 amide bonds. The third-order valence-corrected chi connectivity index (χ3v) is 7.80. The standard InChI is InChI=1S/C25H28O/c1-24-15-7-6-10-18(24)11-12-19-21-13-14-22(26)25(21,2)16-20(23(19)24)17-8-4-3-5-9-17/h3-5,8-9,11-12,21H,6-7,10,13-16H2,1-2H3/t21-,24+,25-/m0/s1. The van der Waals surface area contributed by atoms with Gasteiger partial charge in [0, 0.05) is 17.3 Å². The molecule has 1 aromatic carbocycles. The second-order valence-electron chi connectivity index (χ2n) is 9.18. The van der Waals surface area contributed by atoms with Gasteiger partial charge in [0.25, 0.3) is 0 Å². The molecule has 0 saturated heterocycles. The van der Waals surface area contributed by atoms with Crippen LogP contribution in [0.25, 0.3) is 5.57 Å². The lowest BCUT2D eigenvalue weighted by Gasteiger charge is -2.50. The van der Waals surface area contributed by atoms with Crippen LogP contribution in [-0.4, -0.2) is 5.78 Å². The van der Waals surface area contributed by atoms with Gasteiger partial charge >= 0.3 is 0 Å². The zero-order valence-electron chi connectivity index (χ0n) is 16.0. The van der Waals surface area contributed by atoms with Gasteiger partial charge < -0.3 is 0 Å². The molecule has 0 spiro atoms. The van der Waals surface area contributed by atoms with Crippen LogP contribution in [0, 0.1) is 16.7 Å². The number of rotatable bonds is 1. The van der Waals surface area contributed by atoms with Crippen molar-refractivity contribution in [2.45, 2.75) is 58.8 Å². The molecule has 2 fully saturated rings. The average Bonchev–Trinajstić information content (AvgIpc) is 2.96. The quantitative estimate of drug-likeness (QED) is 0.586. The summed E-state index contributed by atoms with van der Waals surface area (Å²) in [7, 11) is 0. The number of ketones is 1. The summed E-state index contributed by atoms with van der Waals surface area (Å²) >= 11 is 0. The lowest BCUT2D eigenvalue weighted by molar-refractivity contribution is -0.125. The SMILES string of the molecule is C[C@@]12CCCCC1=CC=C1C2=C(c2ccccc2)C[C@]2(C)C(=O)CC[C@@H]12. The second kappa shape index (κ2) is 5.55. The number of fused-ring (bicyclic) bond motifs is 5. The Bertz CT molecular complexity index is 869. The van der Waals surface area contributed by atoms with Crippen LogP contribution in [0.3, 0.4) is 0 Å². The molecule has 5 rings (SSSR count). The number of carbonyl (C=O) groups is 1. The number of hydrogen-bond acceptors (Lipinski definition) is 1. The third-order valence-electron chi connectivity index (χ3n) is 7.80. The molecule has 2 saturated carbocycles. The van der Waals surface area contributed by atoms with Gasteiger partial charge in [0.15, 0.2) is 0 Å². The Morgan fingerprint density at radius 2 is 1.81 bits per heavy atom. The third kappa shape index (κ3) is 2.06. The molecule has 1 nitrogen and oxygen atoms in total. The molecule has 4 aliphatic rings. The smallest absolute Gasteiger partial charge is 0.139 e. The van der Waals surface area contributed by atoms with Gasteiger partial charge in [0.1, 0.15) is 5.78 Å². The van der Waals surface area contributed by atoms with Crippen molar-refractivity contribution in [1.29, 1.82) is 0 Å². The van der Waals surface area contributed by atoms with Gasteiger partial charge in [-0.15, -0.1) is 0 Å². The predicted octanol–water partition coefficient (Wildman–Crippen LogP) is 6.28. The second-order valence-corrected chi connectivity index (χ2v) is 9.18. The average molecular weight is 344 g/mol. The van der Waals surface area contributed by atoms with Crippen LogP contribution in [-0.2, 0) is 4.79 Å². The van der Waals surface area contributed by atoms with Crippen LogP contribution >= 0.6 is 0 Å².